The van der Waals surface area contributed by atoms with Crippen molar-refractivity contribution in [3.8, 4) is 0 Å². The zero-order chi connectivity index (χ0) is 36.4. The number of carbonyl (C=O) groups excluding carboxylic acids is 2. The number of aliphatic carboxylic acids is 1. The first kappa shape index (κ1) is 46.8. The van der Waals surface area contributed by atoms with Crippen LogP contribution in [0.3, 0.4) is 0 Å². The van der Waals surface area contributed by atoms with Crippen molar-refractivity contribution >= 4 is 17.9 Å². The van der Waals surface area contributed by atoms with Gasteiger partial charge in [-0.2, -0.15) is 0 Å². The maximum Gasteiger partial charge on any atom is 0.361 e. The van der Waals surface area contributed by atoms with E-state index in [0.717, 1.165) is 77.0 Å². The summed E-state index contributed by atoms with van der Waals surface area (Å²) in [4.78, 5) is 36.8. The van der Waals surface area contributed by atoms with Crippen LogP contribution in [0, 0.1) is 0 Å². The molecule has 0 rings (SSSR count). The Morgan fingerprint density at radius 1 is 0.592 bits per heavy atom. The first-order valence-electron chi connectivity index (χ1n) is 19.5. The average Bonchev–Trinajstić information content (AvgIpc) is 3.05. The van der Waals surface area contributed by atoms with E-state index in [1.807, 2.05) is 21.1 Å². The average molecular weight is 697 g/mol. The number of allylic oxidation sites excluding steroid dienone is 4. The monoisotopic (exact) mass is 697 g/mol. The molecule has 0 fully saturated rings. The van der Waals surface area contributed by atoms with Crippen LogP contribution in [-0.4, -0.2) is 87.4 Å². The number of carboxylic acid groups (broad SMARTS) is 1. The van der Waals surface area contributed by atoms with Crippen LogP contribution >= 0.6 is 0 Å². The molecule has 0 amide bonds. The summed E-state index contributed by atoms with van der Waals surface area (Å²) in [7, 11) is 5.94. The van der Waals surface area contributed by atoms with Crippen LogP contribution < -0.4 is 0 Å². The third-order valence-corrected chi connectivity index (χ3v) is 8.16. The molecular formula is C40H74NO8+. The highest BCUT2D eigenvalue weighted by atomic mass is 16.7. The lowest BCUT2D eigenvalue weighted by Gasteiger charge is -2.25. The van der Waals surface area contributed by atoms with E-state index in [1.54, 1.807) is 0 Å². The van der Waals surface area contributed by atoms with E-state index in [0.29, 0.717) is 23.9 Å². The van der Waals surface area contributed by atoms with Crippen LogP contribution in [-0.2, 0) is 33.3 Å². The molecule has 0 saturated heterocycles. The zero-order valence-electron chi connectivity index (χ0n) is 32.1. The Morgan fingerprint density at radius 3 is 1.59 bits per heavy atom. The molecule has 1 N–H and O–H groups in total. The van der Waals surface area contributed by atoms with Crippen molar-refractivity contribution in [2.75, 3.05) is 47.5 Å². The van der Waals surface area contributed by atoms with Crippen molar-refractivity contribution in [3.63, 3.8) is 0 Å². The summed E-state index contributed by atoms with van der Waals surface area (Å²) in [5.74, 6) is -2.04. The van der Waals surface area contributed by atoms with Crippen molar-refractivity contribution < 1.29 is 42.9 Å². The van der Waals surface area contributed by atoms with E-state index >= 15 is 0 Å². The van der Waals surface area contributed by atoms with E-state index in [9.17, 15) is 19.5 Å². The number of nitrogens with zero attached hydrogens (tertiary/aromatic N) is 1. The third-order valence-electron chi connectivity index (χ3n) is 8.16. The van der Waals surface area contributed by atoms with Gasteiger partial charge in [0.25, 0.3) is 6.29 Å². The number of hydrogen-bond donors (Lipinski definition) is 1. The lowest BCUT2D eigenvalue weighted by Crippen LogP contribution is -2.40. The smallest absolute Gasteiger partial charge is 0.361 e. The fourth-order valence-corrected chi connectivity index (χ4v) is 5.07. The van der Waals surface area contributed by atoms with Gasteiger partial charge < -0.3 is 28.5 Å². The van der Waals surface area contributed by atoms with Crippen LogP contribution in [0.2, 0.25) is 0 Å². The van der Waals surface area contributed by atoms with Gasteiger partial charge in [0.2, 0.25) is 0 Å². The molecule has 0 radical (unpaired) electrons. The SMILES string of the molecule is CCC/C=C\CCCCCCCC(=O)OCC(COC(OCC[N+](C)(C)C)C(=O)O)OC(=O)CCCCCCC/C=C\CCCCCCC. The molecule has 9 nitrogen and oxygen atoms in total. The molecule has 0 heterocycles. The van der Waals surface area contributed by atoms with Gasteiger partial charge in [-0.05, 0) is 57.8 Å². The molecule has 0 aromatic heterocycles. The molecule has 0 bridgehead atoms. The van der Waals surface area contributed by atoms with Crippen molar-refractivity contribution in [1.29, 1.82) is 0 Å². The molecule has 0 aliphatic heterocycles. The van der Waals surface area contributed by atoms with Gasteiger partial charge in [-0.15, -0.1) is 0 Å². The molecule has 2 unspecified atom stereocenters. The number of unbranched alkanes of at least 4 members (excludes halogenated alkanes) is 16. The van der Waals surface area contributed by atoms with Crippen LogP contribution in [0.25, 0.3) is 0 Å². The van der Waals surface area contributed by atoms with Gasteiger partial charge in [-0.1, -0.05) is 109 Å². The van der Waals surface area contributed by atoms with E-state index in [4.69, 9.17) is 18.9 Å². The van der Waals surface area contributed by atoms with Crippen molar-refractivity contribution in [2.45, 2.75) is 167 Å². The number of carbonyl (C=O) groups is 3. The molecule has 0 aromatic carbocycles. The number of likely N-dealkylation sites (N-methyl/N-ethyl adjacent to an activating group) is 1. The van der Waals surface area contributed by atoms with Gasteiger partial charge in [-0.3, -0.25) is 9.59 Å². The maximum atomic E-state index is 12.7. The minimum Gasteiger partial charge on any atom is -0.477 e. The summed E-state index contributed by atoms with van der Waals surface area (Å²) in [5.41, 5.74) is 0. The standard InChI is InChI=1S/C40H73NO8/c1-6-8-10-12-14-16-18-19-20-21-23-25-27-29-31-38(43)49-36(35-48-40(39(44)45)46-33-32-41(3,4)5)34-47-37(42)30-28-26-24-22-17-15-13-11-9-7-2/h11,13,18-19,36,40H,6-10,12,14-17,20-35H2,1-5H3/p+1/b13-11-,19-18-. The van der Waals surface area contributed by atoms with Gasteiger partial charge >= 0.3 is 17.9 Å². The summed E-state index contributed by atoms with van der Waals surface area (Å²) in [6.07, 6.45) is 29.5. The third kappa shape index (κ3) is 34.0. The van der Waals surface area contributed by atoms with Gasteiger partial charge in [0.1, 0.15) is 13.2 Å². The highest BCUT2D eigenvalue weighted by Gasteiger charge is 2.25. The zero-order valence-corrected chi connectivity index (χ0v) is 32.1. The molecule has 0 aliphatic carbocycles. The lowest BCUT2D eigenvalue weighted by molar-refractivity contribution is -0.870. The minimum atomic E-state index is -1.51. The maximum absolute atomic E-state index is 12.7. The fraction of sp³-hybridized carbons (Fsp3) is 0.825. The fourth-order valence-electron chi connectivity index (χ4n) is 5.07. The number of hydrogen-bond acceptors (Lipinski definition) is 7. The van der Waals surface area contributed by atoms with Crippen LogP contribution in [0.15, 0.2) is 24.3 Å². The van der Waals surface area contributed by atoms with Gasteiger partial charge in [0.05, 0.1) is 34.4 Å². The van der Waals surface area contributed by atoms with Crippen LogP contribution in [0.4, 0.5) is 0 Å². The minimum absolute atomic E-state index is 0.185. The van der Waals surface area contributed by atoms with Crippen molar-refractivity contribution in [3.05, 3.63) is 24.3 Å². The predicted molar refractivity (Wildman–Crippen MR) is 198 cm³/mol. The molecule has 9 heteroatoms. The Balaban J connectivity index is 4.55. The van der Waals surface area contributed by atoms with Crippen LogP contribution in [0.5, 0.6) is 0 Å². The van der Waals surface area contributed by atoms with Crippen molar-refractivity contribution in [1.82, 2.24) is 0 Å². The number of rotatable bonds is 35. The molecule has 0 saturated carbocycles. The topological polar surface area (TPSA) is 108 Å². The second kappa shape index (κ2) is 32.9. The Kier molecular flexibility index (Phi) is 31.4. The summed E-state index contributed by atoms with van der Waals surface area (Å²) in [6.45, 7) is 4.76. The number of ether oxygens (including phenoxy) is 4. The van der Waals surface area contributed by atoms with Gasteiger partial charge in [0, 0.05) is 12.8 Å². The Bertz CT molecular complexity index is 867. The molecule has 2 atom stereocenters. The lowest BCUT2D eigenvalue weighted by atomic mass is 10.1. The second-order valence-electron chi connectivity index (χ2n) is 14.2. The Hall–Kier alpha value is -2.23. The first-order valence-corrected chi connectivity index (χ1v) is 19.5. The highest BCUT2D eigenvalue weighted by molar-refractivity contribution is 5.71. The summed E-state index contributed by atoms with van der Waals surface area (Å²) in [6, 6.07) is 0. The quantitative estimate of drug-likeness (QED) is 0.0230. The predicted octanol–water partition coefficient (Wildman–Crippen LogP) is 9.33. The van der Waals surface area contributed by atoms with E-state index in [1.165, 1.54) is 44.9 Å². The molecular weight excluding hydrogens is 622 g/mol. The molecule has 0 spiro atoms. The van der Waals surface area contributed by atoms with Gasteiger partial charge in [0.15, 0.2) is 6.10 Å². The van der Waals surface area contributed by atoms with Crippen LogP contribution in [0.1, 0.15) is 155 Å². The second-order valence-corrected chi connectivity index (χ2v) is 14.2. The van der Waals surface area contributed by atoms with Crippen molar-refractivity contribution in [2.24, 2.45) is 0 Å². The van der Waals surface area contributed by atoms with E-state index in [-0.39, 0.29) is 32.2 Å². The molecule has 286 valence electrons. The largest absolute Gasteiger partial charge is 0.477 e. The summed E-state index contributed by atoms with van der Waals surface area (Å²) >= 11 is 0. The van der Waals surface area contributed by atoms with E-state index in [2.05, 4.69) is 38.2 Å². The molecule has 0 aromatic rings. The van der Waals surface area contributed by atoms with Gasteiger partial charge in [-0.25, -0.2) is 4.79 Å². The summed E-state index contributed by atoms with van der Waals surface area (Å²) in [5, 5.41) is 9.58. The Labute approximate surface area is 299 Å². The number of carboxylic acids is 1. The number of esters is 2. The highest BCUT2D eigenvalue weighted by Crippen LogP contribution is 2.12. The summed E-state index contributed by atoms with van der Waals surface area (Å²) < 4.78 is 22.6. The number of quaternary nitrogens is 1. The Morgan fingerprint density at radius 2 is 1.08 bits per heavy atom. The molecule has 0 aliphatic rings. The molecule has 49 heavy (non-hydrogen) atoms. The first-order chi connectivity index (χ1) is 23.6. The van der Waals surface area contributed by atoms with E-state index < -0.39 is 24.3 Å². The normalized spacial score (nSPS) is 13.2.